The van der Waals surface area contributed by atoms with Gasteiger partial charge in [-0.1, -0.05) is 6.07 Å². The number of hydrogen-bond acceptors (Lipinski definition) is 8. The van der Waals surface area contributed by atoms with Crippen molar-refractivity contribution >= 4 is 33.6 Å². The number of hydrogen-bond donors (Lipinski definition) is 2. The van der Waals surface area contributed by atoms with Crippen LogP contribution >= 0.6 is 0 Å². The maximum atomic E-state index is 14.5. The Bertz CT molecular complexity index is 1450. The number of halogens is 1. The molecule has 10 nitrogen and oxygen atoms in total. The number of H-pyrrole nitrogens is 1. The topological polar surface area (TPSA) is 118 Å². The van der Waals surface area contributed by atoms with Crippen LogP contribution in [-0.4, -0.2) is 41.6 Å². The van der Waals surface area contributed by atoms with Crippen LogP contribution in [0.1, 0.15) is 5.82 Å². The van der Waals surface area contributed by atoms with Gasteiger partial charge in [-0.05, 0) is 24.3 Å². The average molecular weight is 417 g/mol. The molecule has 5 aromatic rings. The smallest absolute Gasteiger partial charge is 0.283 e. The molecule has 4 aromatic heterocycles. The number of anilines is 2. The van der Waals surface area contributed by atoms with Crippen LogP contribution in [0, 0.1) is 5.82 Å². The Labute approximate surface area is 174 Å². The highest BCUT2D eigenvalue weighted by Crippen LogP contribution is 2.18. The van der Waals surface area contributed by atoms with Crippen molar-refractivity contribution in [1.29, 1.82) is 0 Å². The molecule has 0 aliphatic carbocycles. The second-order valence-electron chi connectivity index (χ2n) is 6.69. The predicted molar refractivity (Wildman–Crippen MR) is 113 cm³/mol. The van der Waals surface area contributed by atoms with Crippen molar-refractivity contribution in [3.05, 3.63) is 77.4 Å². The molecular weight excluding hydrogens is 401 g/mol. The van der Waals surface area contributed by atoms with Gasteiger partial charge in [0, 0.05) is 13.2 Å². The molecule has 2 N–H and O–H groups in total. The maximum absolute atomic E-state index is 14.5. The van der Waals surface area contributed by atoms with E-state index < -0.39 is 11.4 Å². The molecular formula is C20H16FN9O. The fourth-order valence-electron chi connectivity index (χ4n) is 3.37. The van der Waals surface area contributed by atoms with Crippen molar-refractivity contribution in [3.63, 3.8) is 0 Å². The zero-order valence-corrected chi connectivity index (χ0v) is 16.3. The number of aromatic amines is 1. The van der Waals surface area contributed by atoms with Gasteiger partial charge >= 0.3 is 0 Å². The van der Waals surface area contributed by atoms with E-state index in [1.165, 1.54) is 29.5 Å². The molecule has 0 saturated carbocycles. The van der Waals surface area contributed by atoms with Gasteiger partial charge < -0.3 is 10.3 Å². The molecule has 0 bridgehead atoms. The van der Waals surface area contributed by atoms with Crippen molar-refractivity contribution in [2.45, 2.75) is 6.54 Å². The molecule has 0 unspecified atom stereocenters. The van der Waals surface area contributed by atoms with E-state index >= 15 is 0 Å². The average Bonchev–Trinajstić information content (AvgIpc) is 3.27. The lowest BCUT2D eigenvalue weighted by Crippen LogP contribution is -2.39. The molecule has 1 aromatic carbocycles. The lowest BCUT2D eigenvalue weighted by Gasteiger charge is -2.24. The summed E-state index contributed by atoms with van der Waals surface area (Å²) in [6.45, 7) is 0.136. The number of nitrogens with zero attached hydrogens (tertiary/aromatic N) is 7. The molecule has 154 valence electrons. The first-order chi connectivity index (χ1) is 15.1. The van der Waals surface area contributed by atoms with E-state index in [0.29, 0.717) is 28.5 Å². The van der Waals surface area contributed by atoms with Gasteiger partial charge in [-0.2, -0.15) is 0 Å². The molecule has 0 radical (unpaired) electrons. The quantitative estimate of drug-likeness (QED) is 0.447. The predicted octanol–water partition coefficient (Wildman–Crippen LogP) is 2.11. The van der Waals surface area contributed by atoms with Crippen LogP contribution in [0.25, 0.3) is 22.1 Å². The number of fused-ring (bicyclic) bond motifs is 2. The summed E-state index contributed by atoms with van der Waals surface area (Å²) >= 11 is 0. The van der Waals surface area contributed by atoms with Gasteiger partial charge in [0.25, 0.3) is 5.56 Å². The molecule has 0 atom stereocenters. The normalized spacial score (nSPS) is 11.2. The molecule has 11 heteroatoms. The number of imidazole rings is 1. The van der Waals surface area contributed by atoms with Gasteiger partial charge in [0.15, 0.2) is 17.3 Å². The van der Waals surface area contributed by atoms with Gasteiger partial charge in [0.05, 0.1) is 30.3 Å². The SMILES string of the molecule is CN(c1cccnc1)n1c(CNc2ncnc3nc[nH]c23)nc2cccc(F)c2c1=O. The monoisotopic (exact) mass is 417 g/mol. The molecule has 5 rings (SSSR count). The highest BCUT2D eigenvalue weighted by molar-refractivity contribution is 5.82. The van der Waals surface area contributed by atoms with Crippen molar-refractivity contribution in [3.8, 4) is 0 Å². The third-order valence-corrected chi connectivity index (χ3v) is 4.85. The Hall–Kier alpha value is -4.41. The summed E-state index contributed by atoms with van der Waals surface area (Å²) in [5.74, 6) is 0.241. The minimum Gasteiger partial charge on any atom is -0.361 e. The summed E-state index contributed by atoms with van der Waals surface area (Å²) in [5, 5.41) is 4.66. The number of benzene rings is 1. The Balaban J connectivity index is 1.64. The summed E-state index contributed by atoms with van der Waals surface area (Å²) < 4.78 is 15.8. The van der Waals surface area contributed by atoms with Gasteiger partial charge in [0.2, 0.25) is 0 Å². The van der Waals surface area contributed by atoms with Crippen molar-refractivity contribution < 1.29 is 4.39 Å². The molecule has 0 aliphatic rings. The van der Waals surface area contributed by atoms with Crippen molar-refractivity contribution in [1.82, 2.24) is 34.6 Å². The van der Waals surface area contributed by atoms with E-state index in [1.807, 2.05) is 0 Å². The fourth-order valence-corrected chi connectivity index (χ4v) is 3.37. The minimum absolute atomic E-state index is 0.0833. The Kier molecular flexibility index (Phi) is 4.47. The maximum Gasteiger partial charge on any atom is 0.283 e. The van der Waals surface area contributed by atoms with Crippen LogP contribution in [0.15, 0.2) is 60.2 Å². The van der Waals surface area contributed by atoms with Crippen LogP contribution in [0.4, 0.5) is 15.9 Å². The Morgan fingerprint density at radius 3 is 2.94 bits per heavy atom. The summed E-state index contributed by atoms with van der Waals surface area (Å²) in [5.41, 5.74) is 1.52. The Morgan fingerprint density at radius 1 is 1.19 bits per heavy atom. The summed E-state index contributed by atoms with van der Waals surface area (Å²) in [4.78, 5) is 37.4. The van der Waals surface area contributed by atoms with Crippen molar-refractivity contribution in [2.75, 3.05) is 17.4 Å². The summed E-state index contributed by atoms with van der Waals surface area (Å²) in [6.07, 6.45) is 6.15. The molecule has 0 amide bonds. The second kappa shape index (κ2) is 7.44. The van der Waals surface area contributed by atoms with Gasteiger partial charge in [-0.25, -0.2) is 29.0 Å². The first-order valence-corrected chi connectivity index (χ1v) is 9.35. The van der Waals surface area contributed by atoms with Crippen LogP contribution in [0.3, 0.4) is 0 Å². The van der Waals surface area contributed by atoms with E-state index in [0.717, 1.165) is 0 Å². The molecule has 4 heterocycles. The number of rotatable bonds is 5. The zero-order chi connectivity index (χ0) is 21.4. The summed E-state index contributed by atoms with van der Waals surface area (Å²) in [6, 6.07) is 7.92. The van der Waals surface area contributed by atoms with E-state index in [9.17, 15) is 9.18 Å². The molecule has 0 fully saturated rings. The Morgan fingerprint density at radius 2 is 2.10 bits per heavy atom. The van der Waals surface area contributed by atoms with E-state index in [1.54, 1.807) is 42.6 Å². The van der Waals surface area contributed by atoms with Crippen LogP contribution in [0.5, 0.6) is 0 Å². The van der Waals surface area contributed by atoms with E-state index in [2.05, 4.69) is 35.2 Å². The van der Waals surface area contributed by atoms with Crippen LogP contribution in [0.2, 0.25) is 0 Å². The first-order valence-electron chi connectivity index (χ1n) is 9.35. The summed E-state index contributed by atoms with van der Waals surface area (Å²) in [7, 11) is 1.69. The number of aromatic nitrogens is 7. The third-order valence-electron chi connectivity index (χ3n) is 4.85. The molecule has 0 spiro atoms. The van der Waals surface area contributed by atoms with Gasteiger partial charge in [-0.15, -0.1) is 0 Å². The lowest BCUT2D eigenvalue weighted by atomic mass is 10.2. The zero-order valence-electron chi connectivity index (χ0n) is 16.3. The molecule has 31 heavy (non-hydrogen) atoms. The van der Waals surface area contributed by atoms with Crippen molar-refractivity contribution in [2.24, 2.45) is 0 Å². The highest BCUT2D eigenvalue weighted by atomic mass is 19.1. The second-order valence-corrected chi connectivity index (χ2v) is 6.69. The van der Waals surface area contributed by atoms with E-state index in [-0.39, 0.29) is 17.4 Å². The number of nitrogens with one attached hydrogen (secondary N) is 2. The highest BCUT2D eigenvalue weighted by Gasteiger charge is 2.18. The first kappa shape index (κ1) is 18.6. The van der Waals surface area contributed by atoms with E-state index in [4.69, 9.17) is 0 Å². The number of pyridine rings is 1. The molecule has 0 saturated heterocycles. The minimum atomic E-state index is -0.627. The fraction of sp³-hybridized carbons (Fsp3) is 0.100. The lowest BCUT2D eigenvalue weighted by molar-refractivity contribution is 0.628. The van der Waals surface area contributed by atoms with Gasteiger partial charge in [0.1, 0.15) is 23.0 Å². The molecule has 0 aliphatic heterocycles. The van der Waals surface area contributed by atoms with Crippen LogP contribution < -0.4 is 15.9 Å². The van der Waals surface area contributed by atoms with Crippen LogP contribution in [-0.2, 0) is 6.54 Å². The van der Waals surface area contributed by atoms with Gasteiger partial charge in [-0.3, -0.25) is 14.8 Å². The largest absolute Gasteiger partial charge is 0.361 e. The standard InChI is InChI=1S/C20H16FN9O/c1-29(12-4-3-7-22-8-12)30-15(28-14-6-2-5-13(21)16(14)20(30)31)9-23-18-17-19(25-10-24-17)27-11-26-18/h2-8,10-11H,9H2,1H3,(H2,23,24,25,26,27). The third kappa shape index (κ3) is 3.21.